The van der Waals surface area contributed by atoms with Gasteiger partial charge in [-0.15, -0.1) is 0 Å². The third-order valence-corrected chi connectivity index (χ3v) is 3.75. The molecule has 0 radical (unpaired) electrons. The summed E-state index contributed by atoms with van der Waals surface area (Å²) in [6.45, 7) is 10.6. The van der Waals surface area contributed by atoms with Crippen molar-refractivity contribution in [1.29, 1.82) is 0 Å². The Morgan fingerprint density at radius 2 is 1.65 bits per heavy atom. The van der Waals surface area contributed by atoms with Gasteiger partial charge in [0, 0.05) is 13.0 Å². The number of nitrogens with two attached hydrogens (primary N) is 1. The maximum Gasteiger partial charge on any atom is 0.0832 e. The number of hydrogen-bond donors (Lipinski definition) is 2. The highest BCUT2D eigenvalue weighted by molar-refractivity contribution is 5.38. The smallest absolute Gasteiger partial charge is 0.0832 e. The van der Waals surface area contributed by atoms with Crippen LogP contribution in [0.15, 0.2) is 12.1 Å². The third-order valence-electron chi connectivity index (χ3n) is 3.75. The van der Waals surface area contributed by atoms with Crippen molar-refractivity contribution in [2.45, 2.75) is 46.6 Å². The van der Waals surface area contributed by atoms with Crippen LogP contribution in [0.3, 0.4) is 0 Å². The molecule has 1 aromatic rings. The van der Waals surface area contributed by atoms with E-state index in [1.807, 2.05) is 13.8 Å². The molecule has 1 rings (SSSR count). The van der Waals surface area contributed by atoms with Gasteiger partial charge in [0.2, 0.25) is 0 Å². The second-order valence-electron chi connectivity index (χ2n) is 5.52. The van der Waals surface area contributed by atoms with E-state index < -0.39 is 5.60 Å². The second-order valence-corrected chi connectivity index (χ2v) is 5.52. The van der Waals surface area contributed by atoms with Gasteiger partial charge in [0.25, 0.3) is 0 Å². The summed E-state index contributed by atoms with van der Waals surface area (Å²) >= 11 is 0. The lowest BCUT2D eigenvalue weighted by Gasteiger charge is -2.32. The molecule has 0 bridgehead atoms. The first-order valence-electron chi connectivity index (χ1n) is 6.29. The van der Waals surface area contributed by atoms with Crippen molar-refractivity contribution >= 4 is 0 Å². The van der Waals surface area contributed by atoms with Crippen molar-refractivity contribution in [3.8, 4) is 0 Å². The summed E-state index contributed by atoms with van der Waals surface area (Å²) < 4.78 is 0. The van der Waals surface area contributed by atoms with E-state index in [0.29, 0.717) is 13.0 Å². The van der Waals surface area contributed by atoms with E-state index in [1.165, 1.54) is 22.3 Å². The zero-order valence-electron chi connectivity index (χ0n) is 11.7. The van der Waals surface area contributed by atoms with Gasteiger partial charge in [0.05, 0.1) is 5.60 Å². The van der Waals surface area contributed by atoms with Gasteiger partial charge in [0.15, 0.2) is 0 Å². The largest absolute Gasteiger partial charge is 0.388 e. The van der Waals surface area contributed by atoms with Gasteiger partial charge >= 0.3 is 0 Å². The molecule has 0 aromatic heterocycles. The summed E-state index contributed by atoms with van der Waals surface area (Å²) in [6, 6.07) is 4.33. The normalized spacial score (nSPS) is 15.1. The molecule has 1 aromatic carbocycles. The molecular weight excluding hydrogens is 210 g/mol. The maximum absolute atomic E-state index is 10.5. The van der Waals surface area contributed by atoms with Crippen LogP contribution in [0.4, 0.5) is 0 Å². The van der Waals surface area contributed by atoms with Crippen molar-refractivity contribution in [2.75, 3.05) is 6.54 Å². The molecule has 2 nitrogen and oxygen atoms in total. The van der Waals surface area contributed by atoms with E-state index in [0.717, 1.165) is 0 Å². The fraction of sp³-hybridized carbons (Fsp3) is 0.600. The minimum absolute atomic E-state index is 0.160. The predicted molar refractivity (Wildman–Crippen MR) is 73.2 cm³/mol. The van der Waals surface area contributed by atoms with Gasteiger partial charge in [-0.2, -0.15) is 0 Å². The highest BCUT2D eigenvalue weighted by Gasteiger charge is 2.30. The lowest BCUT2D eigenvalue weighted by Crippen LogP contribution is -2.45. The predicted octanol–water partition coefficient (Wildman–Crippen LogP) is 2.50. The van der Waals surface area contributed by atoms with Crippen LogP contribution >= 0.6 is 0 Å². The summed E-state index contributed by atoms with van der Waals surface area (Å²) in [6.07, 6.45) is 0.638. The van der Waals surface area contributed by atoms with Crippen molar-refractivity contribution in [2.24, 2.45) is 11.7 Å². The monoisotopic (exact) mass is 235 g/mol. The highest BCUT2D eigenvalue weighted by atomic mass is 16.3. The van der Waals surface area contributed by atoms with E-state index in [2.05, 4.69) is 32.9 Å². The Hall–Kier alpha value is -0.860. The van der Waals surface area contributed by atoms with Gasteiger partial charge in [-0.05, 0) is 43.4 Å². The molecular formula is C15H25NO. The molecule has 2 heteroatoms. The summed E-state index contributed by atoms with van der Waals surface area (Å²) in [7, 11) is 0. The van der Waals surface area contributed by atoms with Crippen molar-refractivity contribution in [3.63, 3.8) is 0 Å². The summed E-state index contributed by atoms with van der Waals surface area (Å²) in [5.74, 6) is 0.160. The number of rotatable bonds is 4. The van der Waals surface area contributed by atoms with Crippen LogP contribution in [0.2, 0.25) is 0 Å². The lowest BCUT2D eigenvalue weighted by molar-refractivity contribution is 0.00381. The number of aliphatic hydroxyl groups is 1. The van der Waals surface area contributed by atoms with Crippen LogP contribution in [0, 0.1) is 26.7 Å². The van der Waals surface area contributed by atoms with E-state index in [-0.39, 0.29) is 5.92 Å². The summed E-state index contributed by atoms with van der Waals surface area (Å²) in [4.78, 5) is 0. The number of hydrogen-bond acceptors (Lipinski definition) is 2. The van der Waals surface area contributed by atoms with Gasteiger partial charge < -0.3 is 10.8 Å². The van der Waals surface area contributed by atoms with E-state index in [9.17, 15) is 5.11 Å². The molecule has 0 aliphatic heterocycles. The van der Waals surface area contributed by atoms with Crippen LogP contribution in [-0.2, 0) is 6.42 Å². The van der Waals surface area contributed by atoms with Gasteiger partial charge in [-0.25, -0.2) is 0 Å². The molecule has 0 heterocycles. The highest BCUT2D eigenvalue weighted by Crippen LogP contribution is 2.26. The minimum Gasteiger partial charge on any atom is -0.388 e. The first-order valence-corrected chi connectivity index (χ1v) is 6.29. The second kappa shape index (κ2) is 5.19. The minimum atomic E-state index is -0.801. The van der Waals surface area contributed by atoms with E-state index in [1.54, 1.807) is 0 Å². The third kappa shape index (κ3) is 3.08. The Balaban J connectivity index is 3.10. The van der Waals surface area contributed by atoms with Crippen LogP contribution in [0.1, 0.15) is 36.1 Å². The number of aryl methyl sites for hydroxylation is 3. The fourth-order valence-electron chi connectivity index (χ4n) is 2.31. The Kier molecular flexibility index (Phi) is 4.34. The molecule has 0 aliphatic rings. The van der Waals surface area contributed by atoms with E-state index in [4.69, 9.17) is 5.73 Å². The van der Waals surface area contributed by atoms with Crippen molar-refractivity contribution in [1.82, 2.24) is 0 Å². The molecule has 1 unspecified atom stereocenters. The Morgan fingerprint density at radius 1 is 1.18 bits per heavy atom. The standard InChI is InChI=1S/C15H25NO/c1-10(2)15(17,9-16)8-14-12(4)6-11(3)7-13(14)5/h6-7,10,17H,8-9,16H2,1-5H3. The van der Waals surface area contributed by atoms with Crippen LogP contribution in [0.5, 0.6) is 0 Å². The summed E-state index contributed by atoms with van der Waals surface area (Å²) in [5, 5.41) is 10.5. The fourth-order valence-corrected chi connectivity index (χ4v) is 2.31. The van der Waals surface area contributed by atoms with Gasteiger partial charge in [0.1, 0.15) is 0 Å². The van der Waals surface area contributed by atoms with Crippen LogP contribution in [-0.4, -0.2) is 17.3 Å². The number of benzene rings is 1. The molecule has 17 heavy (non-hydrogen) atoms. The summed E-state index contributed by atoms with van der Waals surface area (Å²) in [5.41, 5.74) is 9.93. The first kappa shape index (κ1) is 14.2. The van der Waals surface area contributed by atoms with Gasteiger partial charge in [-0.1, -0.05) is 31.5 Å². The lowest BCUT2D eigenvalue weighted by atomic mass is 9.81. The SMILES string of the molecule is Cc1cc(C)c(CC(O)(CN)C(C)C)c(C)c1. The molecule has 0 aliphatic carbocycles. The average molecular weight is 235 g/mol. The maximum atomic E-state index is 10.5. The molecule has 0 saturated carbocycles. The molecule has 1 atom stereocenters. The molecule has 0 saturated heterocycles. The molecule has 0 spiro atoms. The molecule has 96 valence electrons. The van der Waals surface area contributed by atoms with Crippen LogP contribution in [0.25, 0.3) is 0 Å². The van der Waals surface area contributed by atoms with Crippen LogP contribution < -0.4 is 5.73 Å². The topological polar surface area (TPSA) is 46.2 Å². The average Bonchev–Trinajstić information content (AvgIpc) is 2.22. The van der Waals surface area contributed by atoms with Crippen molar-refractivity contribution < 1.29 is 5.11 Å². The Bertz CT molecular complexity index is 375. The van der Waals surface area contributed by atoms with Crippen molar-refractivity contribution in [3.05, 3.63) is 34.4 Å². The Labute approximate surface area is 105 Å². The zero-order chi connectivity index (χ0) is 13.2. The molecule has 0 amide bonds. The van der Waals surface area contributed by atoms with E-state index >= 15 is 0 Å². The van der Waals surface area contributed by atoms with Gasteiger partial charge in [-0.3, -0.25) is 0 Å². The first-order chi connectivity index (χ1) is 7.80. The zero-order valence-corrected chi connectivity index (χ0v) is 11.7. The Morgan fingerprint density at radius 3 is 2.00 bits per heavy atom. The quantitative estimate of drug-likeness (QED) is 0.842. The molecule has 3 N–H and O–H groups in total. The molecule has 0 fully saturated rings.